The van der Waals surface area contributed by atoms with E-state index in [1.807, 2.05) is 12.2 Å². The van der Waals surface area contributed by atoms with Crippen LogP contribution in [0.15, 0.2) is 42.3 Å². The first-order valence-corrected chi connectivity index (χ1v) is 5.74. The van der Waals surface area contributed by atoms with Gasteiger partial charge in [-0.2, -0.15) is 0 Å². The Kier molecular flexibility index (Phi) is 2.55. The maximum absolute atomic E-state index is 12.3. The summed E-state index contributed by atoms with van der Waals surface area (Å²) in [5.41, 5.74) is 2.12. The Labute approximate surface area is 104 Å². The van der Waals surface area contributed by atoms with E-state index >= 15 is 0 Å². The summed E-state index contributed by atoms with van der Waals surface area (Å²) in [6.07, 6.45) is 7.70. The van der Waals surface area contributed by atoms with Crippen LogP contribution in [0, 0.1) is 5.92 Å². The molecule has 0 amide bonds. The molecule has 3 rings (SSSR count). The van der Waals surface area contributed by atoms with Gasteiger partial charge in [-0.05, 0) is 11.6 Å². The van der Waals surface area contributed by atoms with E-state index in [0.717, 1.165) is 11.1 Å². The minimum absolute atomic E-state index is 0.127. The van der Waals surface area contributed by atoms with Crippen LogP contribution in [0.3, 0.4) is 0 Å². The van der Waals surface area contributed by atoms with E-state index in [0.29, 0.717) is 18.6 Å². The standard InChI is InChI=1S/C14H11NO3/c16-6-11-3-1-9(5-15-11)12-4-2-10-7-18-8-13(10)14(12)17/h1-7,12-13H,8H2. The number of carbonyl (C=O) groups is 2. The van der Waals surface area contributed by atoms with Gasteiger partial charge in [0.05, 0.1) is 18.1 Å². The first-order valence-electron chi connectivity index (χ1n) is 5.74. The van der Waals surface area contributed by atoms with Crippen LogP contribution in [0.5, 0.6) is 0 Å². The summed E-state index contributed by atoms with van der Waals surface area (Å²) in [4.78, 5) is 26.8. The molecule has 2 unspecified atom stereocenters. The summed E-state index contributed by atoms with van der Waals surface area (Å²) in [7, 11) is 0. The molecule has 1 aliphatic carbocycles. The highest BCUT2D eigenvalue weighted by Gasteiger charge is 2.35. The number of Topliss-reactive ketones (excluding diaryl/α,β-unsaturated/α-hetero) is 1. The van der Waals surface area contributed by atoms with E-state index in [1.165, 1.54) is 0 Å². The molecular formula is C14H11NO3. The summed E-state index contributed by atoms with van der Waals surface area (Å²) in [6.45, 7) is 0.425. The van der Waals surface area contributed by atoms with Gasteiger partial charge in [-0.1, -0.05) is 18.2 Å². The third-order valence-electron chi connectivity index (χ3n) is 3.30. The second-order valence-electron chi connectivity index (χ2n) is 4.38. The maximum Gasteiger partial charge on any atom is 0.168 e. The monoisotopic (exact) mass is 241 g/mol. The molecule has 90 valence electrons. The molecule has 1 aliphatic heterocycles. The van der Waals surface area contributed by atoms with Crippen molar-refractivity contribution >= 4 is 12.1 Å². The number of ketones is 1. The Bertz CT molecular complexity index is 557. The zero-order valence-corrected chi connectivity index (χ0v) is 9.58. The molecule has 2 aliphatic rings. The molecule has 2 atom stereocenters. The van der Waals surface area contributed by atoms with Crippen molar-refractivity contribution in [2.75, 3.05) is 6.61 Å². The fourth-order valence-corrected chi connectivity index (χ4v) is 2.29. The predicted molar refractivity (Wildman–Crippen MR) is 64.0 cm³/mol. The van der Waals surface area contributed by atoms with Gasteiger partial charge < -0.3 is 4.74 Å². The lowest BCUT2D eigenvalue weighted by atomic mass is 9.80. The molecule has 0 aromatic carbocycles. The predicted octanol–water partition coefficient (Wildman–Crippen LogP) is 1.65. The Balaban J connectivity index is 1.92. The van der Waals surface area contributed by atoms with Crippen molar-refractivity contribution in [1.29, 1.82) is 0 Å². The molecule has 1 aromatic rings. The smallest absolute Gasteiger partial charge is 0.168 e. The maximum atomic E-state index is 12.3. The normalized spacial score (nSPS) is 25.3. The highest BCUT2D eigenvalue weighted by molar-refractivity contribution is 5.94. The molecule has 0 radical (unpaired) electrons. The number of hydrogen-bond donors (Lipinski definition) is 0. The largest absolute Gasteiger partial charge is 0.500 e. The number of nitrogens with zero attached hydrogens (tertiary/aromatic N) is 1. The van der Waals surface area contributed by atoms with E-state index in [-0.39, 0.29) is 17.6 Å². The van der Waals surface area contributed by atoms with Gasteiger partial charge in [0.15, 0.2) is 12.1 Å². The topological polar surface area (TPSA) is 56.3 Å². The molecule has 4 nitrogen and oxygen atoms in total. The van der Waals surface area contributed by atoms with Crippen molar-refractivity contribution in [2.45, 2.75) is 5.92 Å². The van der Waals surface area contributed by atoms with Gasteiger partial charge in [-0.3, -0.25) is 14.6 Å². The average molecular weight is 241 g/mol. The van der Waals surface area contributed by atoms with Crippen molar-refractivity contribution in [3.05, 3.63) is 53.6 Å². The summed E-state index contributed by atoms with van der Waals surface area (Å²) in [5.74, 6) is -0.324. The van der Waals surface area contributed by atoms with Crippen LogP contribution >= 0.6 is 0 Å². The van der Waals surface area contributed by atoms with Gasteiger partial charge in [0.25, 0.3) is 0 Å². The number of hydrogen-bond acceptors (Lipinski definition) is 4. The van der Waals surface area contributed by atoms with Crippen LogP contribution < -0.4 is 0 Å². The number of aromatic nitrogens is 1. The van der Waals surface area contributed by atoms with Crippen LogP contribution in [0.1, 0.15) is 22.0 Å². The number of allylic oxidation sites excluding steroid dienone is 2. The van der Waals surface area contributed by atoms with Crippen molar-refractivity contribution in [2.24, 2.45) is 5.92 Å². The lowest BCUT2D eigenvalue weighted by Crippen LogP contribution is -2.26. The summed E-state index contributed by atoms with van der Waals surface area (Å²) >= 11 is 0. The number of carbonyl (C=O) groups excluding carboxylic acids is 2. The fraction of sp³-hybridized carbons (Fsp3) is 0.214. The number of fused-ring (bicyclic) bond motifs is 1. The quantitative estimate of drug-likeness (QED) is 0.739. The minimum Gasteiger partial charge on any atom is -0.500 e. The molecule has 0 spiro atoms. The lowest BCUT2D eigenvalue weighted by Gasteiger charge is -2.21. The van der Waals surface area contributed by atoms with Crippen LogP contribution in [0.25, 0.3) is 0 Å². The third-order valence-corrected chi connectivity index (χ3v) is 3.30. The van der Waals surface area contributed by atoms with Gasteiger partial charge in [-0.15, -0.1) is 0 Å². The Morgan fingerprint density at radius 2 is 2.28 bits per heavy atom. The molecule has 4 heteroatoms. The molecule has 0 saturated heterocycles. The van der Waals surface area contributed by atoms with Crippen LogP contribution in [-0.4, -0.2) is 23.7 Å². The molecule has 0 N–H and O–H groups in total. The molecule has 0 fully saturated rings. The van der Waals surface area contributed by atoms with Crippen LogP contribution in [0.2, 0.25) is 0 Å². The molecule has 2 heterocycles. The minimum atomic E-state index is -0.290. The van der Waals surface area contributed by atoms with E-state index < -0.39 is 0 Å². The summed E-state index contributed by atoms with van der Waals surface area (Å²) in [6, 6.07) is 3.40. The molecule has 18 heavy (non-hydrogen) atoms. The second-order valence-corrected chi connectivity index (χ2v) is 4.38. The summed E-state index contributed by atoms with van der Waals surface area (Å²) in [5, 5.41) is 0. The van der Waals surface area contributed by atoms with Crippen LogP contribution in [-0.2, 0) is 9.53 Å². The van der Waals surface area contributed by atoms with Gasteiger partial charge in [0, 0.05) is 11.8 Å². The van der Waals surface area contributed by atoms with Crippen LogP contribution in [0.4, 0.5) is 0 Å². The molecular weight excluding hydrogens is 230 g/mol. The first kappa shape index (κ1) is 10.9. The zero-order valence-electron chi connectivity index (χ0n) is 9.58. The van der Waals surface area contributed by atoms with Gasteiger partial charge in [0.2, 0.25) is 0 Å². The molecule has 0 bridgehead atoms. The van der Waals surface area contributed by atoms with Gasteiger partial charge >= 0.3 is 0 Å². The molecule has 0 saturated carbocycles. The lowest BCUT2D eigenvalue weighted by molar-refractivity contribution is -0.122. The number of aldehydes is 1. The number of pyridine rings is 1. The van der Waals surface area contributed by atoms with E-state index in [4.69, 9.17) is 4.74 Å². The SMILES string of the molecule is O=Cc1ccc(C2C=CC3=COCC3C2=O)cn1. The van der Waals surface area contributed by atoms with Gasteiger partial charge in [-0.25, -0.2) is 0 Å². The van der Waals surface area contributed by atoms with Crippen molar-refractivity contribution in [1.82, 2.24) is 4.98 Å². The Morgan fingerprint density at radius 3 is 3.00 bits per heavy atom. The highest BCUT2D eigenvalue weighted by atomic mass is 16.5. The third kappa shape index (κ3) is 1.66. The van der Waals surface area contributed by atoms with E-state index in [2.05, 4.69) is 4.98 Å². The second kappa shape index (κ2) is 4.22. The van der Waals surface area contributed by atoms with Crippen molar-refractivity contribution < 1.29 is 14.3 Å². The number of ether oxygens (including phenoxy) is 1. The number of rotatable bonds is 2. The van der Waals surface area contributed by atoms with E-state index in [1.54, 1.807) is 24.6 Å². The van der Waals surface area contributed by atoms with Crippen molar-refractivity contribution in [3.8, 4) is 0 Å². The first-order chi connectivity index (χ1) is 8.79. The zero-order chi connectivity index (χ0) is 12.5. The highest BCUT2D eigenvalue weighted by Crippen LogP contribution is 2.33. The van der Waals surface area contributed by atoms with E-state index in [9.17, 15) is 9.59 Å². The van der Waals surface area contributed by atoms with Gasteiger partial charge in [0.1, 0.15) is 12.3 Å². The summed E-state index contributed by atoms with van der Waals surface area (Å²) < 4.78 is 5.19. The van der Waals surface area contributed by atoms with Crippen molar-refractivity contribution in [3.63, 3.8) is 0 Å². The Hall–Kier alpha value is -2.23. The fourth-order valence-electron chi connectivity index (χ4n) is 2.29. The molecule has 1 aromatic heterocycles. The average Bonchev–Trinajstić information content (AvgIpc) is 2.89. The Morgan fingerprint density at radius 1 is 1.39 bits per heavy atom.